The molecule has 0 spiro atoms. The largest absolute Gasteiger partial charge is 0.573 e. The number of piperazine rings is 1. The van der Waals surface area contributed by atoms with Crippen LogP contribution in [0.25, 0.3) is 0 Å². The second-order valence-electron chi connectivity index (χ2n) is 8.31. The minimum absolute atomic E-state index is 0.0737. The van der Waals surface area contributed by atoms with E-state index >= 15 is 0 Å². The molecule has 2 heterocycles. The fraction of sp³-hybridized carbons (Fsp3) is 0.632. The van der Waals surface area contributed by atoms with Gasteiger partial charge in [-0.2, -0.15) is 0 Å². The standard InChI is InChI=1S/C19H26F3N3O3/c1-18(2,3)28-17(26)23-15-9-12(7-8-16(15)27-19(20,21)22)25-10-13-5-6-14(11-25)24(13)4/h7-9,13-14H,5-6,10-11H2,1-4H3,(H,23,26). The van der Waals surface area contributed by atoms with Crippen LogP contribution in [0.1, 0.15) is 33.6 Å². The molecule has 3 rings (SSSR count). The summed E-state index contributed by atoms with van der Waals surface area (Å²) in [5.41, 5.74) is -0.107. The number of anilines is 2. The van der Waals surface area contributed by atoms with Crippen molar-refractivity contribution in [2.24, 2.45) is 0 Å². The van der Waals surface area contributed by atoms with Crippen molar-refractivity contribution in [1.82, 2.24) is 4.90 Å². The molecule has 2 bridgehead atoms. The van der Waals surface area contributed by atoms with E-state index in [0.717, 1.165) is 31.6 Å². The Morgan fingerprint density at radius 3 is 2.29 bits per heavy atom. The van der Waals surface area contributed by atoms with Crippen LogP contribution in [0.15, 0.2) is 18.2 Å². The second-order valence-corrected chi connectivity index (χ2v) is 8.31. The number of ether oxygens (including phenoxy) is 2. The normalized spacial score (nSPS) is 22.9. The average molecular weight is 401 g/mol. The van der Waals surface area contributed by atoms with E-state index in [-0.39, 0.29) is 5.69 Å². The highest BCUT2D eigenvalue weighted by atomic mass is 19.4. The number of benzene rings is 1. The predicted molar refractivity (Wildman–Crippen MR) is 99.8 cm³/mol. The van der Waals surface area contributed by atoms with Gasteiger partial charge in [0.15, 0.2) is 5.75 Å². The lowest BCUT2D eigenvalue weighted by atomic mass is 10.1. The van der Waals surface area contributed by atoms with E-state index in [4.69, 9.17) is 4.74 Å². The molecule has 0 saturated carbocycles. The van der Waals surface area contributed by atoms with Crippen LogP contribution in [0, 0.1) is 0 Å². The summed E-state index contributed by atoms with van der Waals surface area (Å²) in [5, 5.41) is 2.39. The maximum absolute atomic E-state index is 12.8. The first kappa shape index (κ1) is 20.6. The first-order valence-corrected chi connectivity index (χ1v) is 9.28. The van der Waals surface area contributed by atoms with Crippen molar-refractivity contribution in [3.63, 3.8) is 0 Å². The topological polar surface area (TPSA) is 54.0 Å². The van der Waals surface area contributed by atoms with Crippen LogP contribution in [0.3, 0.4) is 0 Å². The molecule has 1 amide bonds. The molecule has 2 atom stereocenters. The Morgan fingerprint density at radius 1 is 1.14 bits per heavy atom. The predicted octanol–water partition coefficient (Wildman–Crippen LogP) is 4.22. The lowest BCUT2D eigenvalue weighted by molar-refractivity contribution is -0.274. The molecule has 2 saturated heterocycles. The number of halogens is 3. The van der Waals surface area contributed by atoms with E-state index in [9.17, 15) is 18.0 Å². The first-order valence-electron chi connectivity index (χ1n) is 9.28. The zero-order valence-electron chi connectivity index (χ0n) is 16.5. The fourth-order valence-corrected chi connectivity index (χ4v) is 3.76. The van der Waals surface area contributed by atoms with Crippen LogP contribution in [-0.2, 0) is 4.74 Å². The monoisotopic (exact) mass is 401 g/mol. The van der Waals surface area contributed by atoms with Crippen LogP contribution in [0.2, 0.25) is 0 Å². The molecule has 1 aromatic carbocycles. The van der Waals surface area contributed by atoms with Gasteiger partial charge in [0.05, 0.1) is 5.69 Å². The number of hydrogen-bond acceptors (Lipinski definition) is 5. The van der Waals surface area contributed by atoms with Crippen LogP contribution in [0.5, 0.6) is 5.75 Å². The van der Waals surface area contributed by atoms with Gasteiger partial charge in [0.2, 0.25) is 0 Å². The maximum Gasteiger partial charge on any atom is 0.573 e. The molecule has 2 fully saturated rings. The molecule has 1 aromatic rings. The molecule has 6 nitrogen and oxygen atoms in total. The van der Waals surface area contributed by atoms with Gasteiger partial charge in [-0.05, 0) is 58.9 Å². The molecule has 2 aliphatic rings. The molecule has 0 radical (unpaired) electrons. The number of rotatable bonds is 3. The molecule has 0 aromatic heterocycles. The van der Waals surface area contributed by atoms with Gasteiger partial charge in [-0.1, -0.05) is 0 Å². The molecule has 156 valence electrons. The van der Waals surface area contributed by atoms with Gasteiger partial charge in [-0.25, -0.2) is 4.79 Å². The highest BCUT2D eigenvalue weighted by molar-refractivity contribution is 5.88. The lowest BCUT2D eigenvalue weighted by Crippen LogP contribution is -2.52. The summed E-state index contributed by atoms with van der Waals surface area (Å²) in [6.07, 6.45) is -3.49. The number of hydrogen-bond donors (Lipinski definition) is 1. The molecule has 9 heteroatoms. The third-order valence-corrected chi connectivity index (χ3v) is 5.04. The zero-order chi connectivity index (χ0) is 20.7. The van der Waals surface area contributed by atoms with Gasteiger partial charge in [-0.3, -0.25) is 10.2 Å². The maximum atomic E-state index is 12.8. The number of carbonyl (C=O) groups excluding carboxylic acids is 1. The van der Waals surface area contributed by atoms with Crippen LogP contribution in [-0.4, -0.2) is 55.2 Å². The van der Waals surface area contributed by atoms with Gasteiger partial charge in [-0.15, -0.1) is 13.2 Å². The van der Waals surface area contributed by atoms with Crippen LogP contribution >= 0.6 is 0 Å². The van der Waals surface area contributed by atoms with E-state index in [2.05, 4.69) is 26.9 Å². The van der Waals surface area contributed by atoms with Gasteiger partial charge >= 0.3 is 12.5 Å². The molecular weight excluding hydrogens is 375 g/mol. The van der Waals surface area contributed by atoms with Gasteiger partial charge < -0.3 is 14.4 Å². The Hall–Kier alpha value is -2.16. The van der Waals surface area contributed by atoms with Crippen molar-refractivity contribution in [3.05, 3.63) is 18.2 Å². The first-order chi connectivity index (χ1) is 12.9. The van der Waals surface area contributed by atoms with E-state index in [1.165, 1.54) is 12.1 Å². The highest BCUT2D eigenvalue weighted by Gasteiger charge is 2.38. The summed E-state index contributed by atoms with van der Waals surface area (Å²) in [6, 6.07) is 5.18. The molecule has 2 aliphatic heterocycles. The third kappa shape index (κ3) is 5.01. The van der Waals surface area contributed by atoms with Gasteiger partial charge in [0.1, 0.15) is 5.60 Å². The summed E-state index contributed by atoms with van der Waals surface area (Å²) in [4.78, 5) is 16.6. The van der Waals surface area contributed by atoms with Crippen molar-refractivity contribution in [2.75, 3.05) is 30.4 Å². The fourth-order valence-electron chi connectivity index (χ4n) is 3.76. The third-order valence-electron chi connectivity index (χ3n) is 5.04. The Labute approximate surface area is 162 Å². The zero-order valence-corrected chi connectivity index (χ0v) is 16.5. The van der Waals surface area contributed by atoms with Crippen LogP contribution in [0.4, 0.5) is 29.3 Å². The second kappa shape index (κ2) is 7.35. The van der Waals surface area contributed by atoms with Gasteiger partial charge in [0, 0.05) is 30.9 Å². The number of nitrogens with one attached hydrogen (secondary N) is 1. The quantitative estimate of drug-likeness (QED) is 0.822. The molecular formula is C19H26F3N3O3. The Balaban J connectivity index is 1.84. The van der Waals surface area contributed by atoms with Crippen LogP contribution < -0.4 is 15.0 Å². The van der Waals surface area contributed by atoms with E-state index in [1.54, 1.807) is 26.8 Å². The number of carbonyl (C=O) groups is 1. The lowest BCUT2D eigenvalue weighted by Gasteiger charge is -2.40. The Bertz CT molecular complexity index is 719. The van der Waals surface area contributed by atoms with E-state index in [0.29, 0.717) is 12.1 Å². The number of alkyl halides is 3. The molecule has 0 aliphatic carbocycles. The Morgan fingerprint density at radius 2 is 1.75 bits per heavy atom. The SMILES string of the molecule is CN1C2CCC1CN(c1ccc(OC(F)(F)F)c(NC(=O)OC(C)(C)C)c1)C2. The number of likely N-dealkylation sites (N-methyl/N-ethyl adjacent to an activating group) is 1. The van der Waals surface area contributed by atoms with Crippen molar-refractivity contribution in [1.29, 1.82) is 0 Å². The van der Waals surface area contributed by atoms with Crippen molar-refractivity contribution >= 4 is 17.5 Å². The van der Waals surface area contributed by atoms with E-state index in [1.807, 2.05) is 0 Å². The van der Waals surface area contributed by atoms with Crippen molar-refractivity contribution in [3.8, 4) is 5.75 Å². The summed E-state index contributed by atoms with van der Waals surface area (Å²) in [6.45, 7) is 6.61. The van der Waals surface area contributed by atoms with Crippen molar-refractivity contribution in [2.45, 2.75) is 57.7 Å². The molecule has 2 unspecified atom stereocenters. The molecule has 1 N–H and O–H groups in total. The number of nitrogens with zero attached hydrogens (tertiary/aromatic N) is 2. The summed E-state index contributed by atoms with van der Waals surface area (Å²) >= 11 is 0. The minimum Gasteiger partial charge on any atom is -0.444 e. The summed E-state index contributed by atoms with van der Waals surface area (Å²) in [7, 11) is 2.11. The van der Waals surface area contributed by atoms with Gasteiger partial charge in [0.25, 0.3) is 0 Å². The smallest absolute Gasteiger partial charge is 0.444 e. The average Bonchev–Trinajstić information content (AvgIpc) is 2.75. The summed E-state index contributed by atoms with van der Waals surface area (Å²) in [5.74, 6) is -0.473. The van der Waals surface area contributed by atoms with Crippen molar-refractivity contribution < 1.29 is 27.4 Å². The van der Waals surface area contributed by atoms with E-state index < -0.39 is 23.8 Å². The molecule has 28 heavy (non-hydrogen) atoms. The Kier molecular flexibility index (Phi) is 5.40. The minimum atomic E-state index is -4.86. The summed E-state index contributed by atoms with van der Waals surface area (Å²) < 4.78 is 47.5. The highest BCUT2D eigenvalue weighted by Crippen LogP contribution is 2.37. The number of amides is 1. The number of fused-ring (bicyclic) bond motifs is 2.